The highest BCUT2D eigenvalue weighted by Gasteiger charge is 2.18. The van der Waals surface area contributed by atoms with Gasteiger partial charge >= 0.3 is 0 Å². The summed E-state index contributed by atoms with van der Waals surface area (Å²) in [7, 11) is 0. The van der Waals surface area contributed by atoms with Gasteiger partial charge in [-0.25, -0.2) is 0 Å². The Morgan fingerprint density at radius 1 is 1.20 bits per heavy atom. The Morgan fingerprint density at radius 3 is 2.27 bits per heavy atom. The van der Waals surface area contributed by atoms with Crippen molar-refractivity contribution >= 4 is 5.69 Å². The summed E-state index contributed by atoms with van der Waals surface area (Å²) in [4.78, 5) is 4.15. The van der Waals surface area contributed by atoms with Crippen LogP contribution in [-0.4, -0.2) is 15.6 Å². The number of hydrogen-bond donors (Lipinski definition) is 2. The minimum absolute atomic E-state index is 0.0121. The maximum absolute atomic E-state index is 9.82. The van der Waals surface area contributed by atoms with Crippen LogP contribution in [0.2, 0.25) is 0 Å². The van der Waals surface area contributed by atoms with E-state index in [9.17, 15) is 5.11 Å². The van der Waals surface area contributed by atoms with E-state index in [1.807, 2.05) is 12.1 Å². The average Bonchev–Trinajstić information content (AvgIpc) is 1.99. The number of hydrogen-bond acceptors (Lipinski definition) is 3. The normalized spacial score (nSPS) is 12.7. The third kappa shape index (κ3) is 3.88. The van der Waals surface area contributed by atoms with Crippen molar-refractivity contribution < 1.29 is 5.11 Å². The topological polar surface area (TPSA) is 45.2 Å². The molecule has 0 spiro atoms. The Labute approximate surface area is 91.5 Å². The molecule has 15 heavy (non-hydrogen) atoms. The molecule has 0 aliphatic carbocycles. The lowest BCUT2D eigenvalue weighted by atomic mass is 10.0. The summed E-state index contributed by atoms with van der Waals surface area (Å²) in [6, 6.07) is 3.78. The van der Waals surface area contributed by atoms with E-state index in [-0.39, 0.29) is 5.54 Å². The molecule has 1 aromatic rings. The first-order valence-electron chi connectivity index (χ1n) is 5.15. The first kappa shape index (κ1) is 12.0. The van der Waals surface area contributed by atoms with E-state index < -0.39 is 5.60 Å². The SMILES string of the molecule is CC(C)(C)Nc1ccnc(C(C)(C)O)c1. The van der Waals surface area contributed by atoms with Crippen molar-refractivity contribution in [3.63, 3.8) is 0 Å². The summed E-state index contributed by atoms with van der Waals surface area (Å²) in [6.45, 7) is 9.75. The molecule has 3 heteroatoms. The lowest BCUT2D eigenvalue weighted by Crippen LogP contribution is -2.26. The van der Waals surface area contributed by atoms with Gasteiger partial charge in [0.25, 0.3) is 0 Å². The number of nitrogens with one attached hydrogen (secondary N) is 1. The molecule has 0 aliphatic rings. The van der Waals surface area contributed by atoms with Gasteiger partial charge in [0.2, 0.25) is 0 Å². The van der Waals surface area contributed by atoms with Crippen LogP contribution in [-0.2, 0) is 5.60 Å². The van der Waals surface area contributed by atoms with E-state index in [0.29, 0.717) is 5.69 Å². The Balaban J connectivity index is 2.94. The Bertz CT molecular complexity index is 334. The molecule has 2 N–H and O–H groups in total. The zero-order valence-corrected chi connectivity index (χ0v) is 10.1. The van der Waals surface area contributed by atoms with E-state index in [2.05, 4.69) is 31.1 Å². The molecule has 0 amide bonds. The number of aromatic nitrogens is 1. The molecule has 0 fully saturated rings. The first-order valence-corrected chi connectivity index (χ1v) is 5.15. The second-order valence-corrected chi connectivity index (χ2v) is 5.36. The van der Waals surface area contributed by atoms with Crippen molar-refractivity contribution in [2.45, 2.75) is 45.8 Å². The highest BCUT2D eigenvalue weighted by molar-refractivity contribution is 5.45. The number of pyridine rings is 1. The minimum atomic E-state index is -0.893. The Morgan fingerprint density at radius 2 is 1.80 bits per heavy atom. The molecule has 1 heterocycles. The molecular weight excluding hydrogens is 188 g/mol. The second-order valence-electron chi connectivity index (χ2n) is 5.36. The molecule has 0 saturated heterocycles. The molecule has 0 radical (unpaired) electrons. The highest BCUT2D eigenvalue weighted by Crippen LogP contribution is 2.21. The van der Waals surface area contributed by atoms with Crippen LogP contribution in [0.5, 0.6) is 0 Å². The monoisotopic (exact) mass is 208 g/mol. The standard InChI is InChI=1S/C12H20N2O/c1-11(2,3)14-9-6-7-13-10(8-9)12(4,5)15/h6-8,15H,1-5H3,(H,13,14). The molecule has 84 valence electrons. The van der Waals surface area contributed by atoms with Crippen LogP contribution >= 0.6 is 0 Å². The minimum Gasteiger partial charge on any atom is -0.384 e. The highest BCUT2D eigenvalue weighted by atomic mass is 16.3. The third-order valence-corrected chi connectivity index (χ3v) is 1.91. The van der Waals surface area contributed by atoms with Crippen molar-refractivity contribution in [1.29, 1.82) is 0 Å². The van der Waals surface area contributed by atoms with E-state index in [1.54, 1.807) is 20.0 Å². The number of nitrogens with zero attached hydrogens (tertiary/aromatic N) is 1. The third-order valence-electron chi connectivity index (χ3n) is 1.91. The molecule has 1 rings (SSSR count). The molecule has 0 saturated carbocycles. The van der Waals surface area contributed by atoms with Crippen LogP contribution in [0.15, 0.2) is 18.3 Å². The van der Waals surface area contributed by atoms with Crippen molar-refractivity contribution in [3.8, 4) is 0 Å². The summed E-state index contributed by atoms with van der Waals surface area (Å²) >= 11 is 0. The quantitative estimate of drug-likeness (QED) is 0.785. The van der Waals surface area contributed by atoms with E-state index >= 15 is 0 Å². The Hall–Kier alpha value is -1.09. The van der Waals surface area contributed by atoms with E-state index in [0.717, 1.165) is 5.69 Å². The molecule has 3 nitrogen and oxygen atoms in total. The van der Waals surface area contributed by atoms with Gasteiger partial charge in [-0.2, -0.15) is 0 Å². The fourth-order valence-corrected chi connectivity index (χ4v) is 1.28. The van der Waals surface area contributed by atoms with Gasteiger partial charge in [0.15, 0.2) is 0 Å². The first-order chi connectivity index (χ1) is 6.68. The maximum atomic E-state index is 9.82. The van der Waals surface area contributed by atoms with Gasteiger partial charge in [-0.1, -0.05) is 0 Å². The predicted octanol–water partition coefficient (Wildman–Crippen LogP) is 2.52. The fourth-order valence-electron chi connectivity index (χ4n) is 1.28. The predicted molar refractivity (Wildman–Crippen MR) is 62.9 cm³/mol. The largest absolute Gasteiger partial charge is 0.384 e. The van der Waals surface area contributed by atoms with Crippen molar-refractivity contribution in [3.05, 3.63) is 24.0 Å². The number of aliphatic hydroxyl groups is 1. The summed E-state index contributed by atoms with van der Waals surface area (Å²) in [5, 5.41) is 13.2. The van der Waals surface area contributed by atoms with Gasteiger partial charge in [0, 0.05) is 17.4 Å². The van der Waals surface area contributed by atoms with Crippen LogP contribution in [0.4, 0.5) is 5.69 Å². The fraction of sp³-hybridized carbons (Fsp3) is 0.583. The van der Waals surface area contributed by atoms with Crippen molar-refractivity contribution in [2.75, 3.05) is 5.32 Å². The zero-order chi connectivity index (χ0) is 11.7. The van der Waals surface area contributed by atoms with E-state index in [1.165, 1.54) is 0 Å². The van der Waals surface area contributed by atoms with Crippen LogP contribution in [0.25, 0.3) is 0 Å². The molecule has 0 atom stereocenters. The van der Waals surface area contributed by atoms with Gasteiger partial charge in [0.05, 0.1) is 5.69 Å². The van der Waals surface area contributed by atoms with Gasteiger partial charge in [-0.3, -0.25) is 4.98 Å². The summed E-state index contributed by atoms with van der Waals surface area (Å²) in [5.74, 6) is 0. The van der Waals surface area contributed by atoms with Crippen LogP contribution in [0, 0.1) is 0 Å². The molecule has 0 unspecified atom stereocenters. The zero-order valence-electron chi connectivity index (χ0n) is 10.1. The molecule has 0 bridgehead atoms. The van der Waals surface area contributed by atoms with Crippen LogP contribution in [0.3, 0.4) is 0 Å². The molecule has 1 aromatic heterocycles. The van der Waals surface area contributed by atoms with E-state index in [4.69, 9.17) is 0 Å². The number of rotatable bonds is 2. The van der Waals surface area contributed by atoms with Gasteiger partial charge in [-0.05, 0) is 46.8 Å². The number of anilines is 1. The molecular formula is C12H20N2O. The van der Waals surface area contributed by atoms with Crippen molar-refractivity contribution in [2.24, 2.45) is 0 Å². The lowest BCUT2D eigenvalue weighted by Gasteiger charge is -2.24. The van der Waals surface area contributed by atoms with Crippen LogP contribution < -0.4 is 5.32 Å². The lowest BCUT2D eigenvalue weighted by molar-refractivity contribution is 0.0739. The van der Waals surface area contributed by atoms with Gasteiger partial charge in [0.1, 0.15) is 5.60 Å². The molecule has 0 aromatic carbocycles. The van der Waals surface area contributed by atoms with Crippen LogP contribution in [0.1, 0.15) is 40.3 Å². The smallest absolute Gasteiger partial charge is 0.101 e. The van der Waals surface area contributed by atoms with Gasteiger partial charge in [-0.15, -0.1) is 0 Å². The van der Waals surface area contributed by atoms with Gasteiger partial charge < -0.3 is 10.4 Å². The Kier molecular flexibility index (Phi) is 3.05. The average molecular weight is 208 g/mol. The summed E-state index contributed by atoms with van der Waals surface area (Å²) in [6.07, 6.45) is 1.71. The maximum Gasteiger partial charge on any atom is 0.101 e. The van der Waals surface area contributed by atoms with Crippen molar-refractivity contribution in [1.82, 2.24) is 4.98 Å². The summed E-state index contributed by atoms with van der Waals surface area (Å²) in [5.41, 5.74) is 0.778. The summed E-state index contributed by atoms with van der Waals surface area (Å²) < 4.78 is 0. The molecule has 0 aliphatic heterocycles. The second kappa shape index (κ2) is 3.81.